The Morgan fingerprint density at radius 2 is 1.80 bits per heavy atom. The molecule has 0 aliphatic carbocycles. The van der Waals surface area contributed by atoms with Crippen molar-refractivity contribution in [2.75, 3.05) is 24.5 Å². The number of piperidine rings is 1. The number of likely N-dealkylation sites (tertiary alicyclic amines) is 1. The molecule has 0 amide bonds. The first-order chi connectivity index (χ1) is 12.4. The monoisotopic (exact) mass is 340 g/mol. The maximum atomic E-state index is 4.61. The molecule has 6 nitrogen and oxygen atoms in total. The molecule has 4 heterocycles. The van der Waals surface area contributed by atoms with Gasteiger partial charge in [-0.25, -0.2) is 15.0 Å². The number of hydrogen-bond acceptors (Lipinski definition) is 5. The van der Waals surface area contributed by atoms with Crippen molar-refractivity contribution in [1.29, 1.82) is 0 Å². The van der Waals surface area contributed by atoms with Gasteiger partial charge in [-0.2, -0.15) is 0 Å². The van der Waals surface area contributed by atoms with Gasteiger partial charge in [-0.3, -0.25) is 4.90 Å². The van der Waals surface area contributed by atoms with Crippen molar-refractivity contribution in [3.8, 4) is 0 Å². The van der Waals surface area contributed by atoms with E-state index in [1.807, 2.05) is 24.9 Å². The summed E-state index contributed by atoms with van der Waals surface area (Å²) in [4.78, 5) is 18.3. The van der Waals surface area contributed by atoms with Crippen LogP contribution < -0.4 is 4.90 Å². The van der Waals surface area contributed by atoms with E-state index in [1.54, 1.807) is 0 Å². The van der Waals surface area contributed by atoms with E-state index in [0.29, 0.717) is 6.04 Å². The molecule has 0 aromatic carbocycles. The van der Waals surface area contributed by atoms with Crippen molar-refractivity contribution < 1.29 is 0 Å². The molecule has 0 bridgehead atoms. The van der Waals surface area contributed by atoms with Crippen LogP contribution in [0.3, 0.4) is 0 Å². The van der Waals surface area contributed by atoms with Crippen molar-refractivity contribution in [2.45, 2.75) is 57.7 Å². The molecule has 2 aromatic heterocycles. The molecule has 134 valence electrons. The summed E-state index contributed by atoms with van der Waals surface area (Å²) < 4.78 is 2.18. The zero-order valence-corrected chi connectivity index (χ0v) is 14.9. The predicted molar refractivity (Wildman–Crippen MR) is 98.4 cm³/mol. The van der Waals surface area contributed by atoms with Gasteiger partial charge in [-0.05, 0) is 38.6 Å². The van der Waals surface area contributed by atoms with Gasteiger partial charge in [0.15, 0.2) is 0 Å². The summed E-state index contributed by atoms with van der Waals surface area (Å²) in [5.41, 5.74) is 1.23. The van der Waals surface area contributed by atoms with Crippen molar-refractivity contribution in [1.82, 2.24) is 24.4 Å². The maximum Gasteiger partial charge on any atom is 0.225 e. The van der Waals surface area contributed by atoms with Crippen molar-refractivity contribution in [3.05, 3.63) is 36.7 Å². The highest BCUT2D eigenvalue weighted by atomic mass is 15.3. The summed E-state index contributed by atoms with van der Waals surface area (Å²) in [6, 6.07) is 0.648. The van der Waals surface area contributed by atoms with Crippen LogP contribution in [0.2, 0.25) is 0 Å². The van der Waals surface area contributed by atoms with Crippen molar-refractivity contribution in [2.24, 2.45) is 0 Å². The van der Waals surface area contributed by atoms with Crippen LogP contribution in [-0.2, 0) is 13.1 Å². The average Bonchev–Trinajstić information content (AvgIpc) is 3.36. The summed E-state index contributed by atoms with van der Waals surface area (Å²) in [6.45, 7) is 5.40. The third-order valence-electron chi connectivity index (χ3n) is 5.50. The summed E-state index contributed by atoms with van der Waals surface area (Å²) in [5.74, 6) is 0.900. The van der Waals surface area contributed by atoms with Gasteiger partial charge in [0, 0.05) is 62.6 Å². The van der Waals surface area contributed by atoms with E-state index in [1.165, 1.54) is 50.6 Å². The fraction of sp³-hybridized carbons (Fsp3) is 0.632. The molecular weight excluding hydrogens is 312 g/mol. The number of aryl methyl sites for hydroxylation is 1. The standard InChI is InChI=1S/C19H28N6/c1-2-10-25(18(5-1)6-11-23-12-7-20-16-23)15-17-13-21-19(22-14-17)24-8-3-4-9-24/h7,12-14,16,18H,1-6,8-11,15H2/t18-/m1/s1. The van der Waals surface area contributed by atoms with E-state index in [-0.39, 0.29) is 0 Å². The number of rotatable bonds is 6. The lowest BCUT2D eigenvalue weighted by Crippen LogP contribution is -2.39. The van der Waals surface area contributed by atoms with Crippen molar-refractivity contribution >= 4 is 5.95 Å². The Hall–Kier alpha value is -1.95. The maximum absolute atomic E-state index is 4.61. The smallest absolute Gasteiger partial charge is 0.225 e. The van der Waals surface area contributed by atoms with Crippen LogP contribution in [0.4, 0.5) is 5.95 Å². The number of aromatic nitrogens is 4. The minimum absolute atomic E-state index is 0.648. The lowest BCUT2D eigenvalue weighted by atomic mass is 9.99. The molecule has 2 fully saturated rings. The van der Waals surface area contributed by atoms with Crippen LogP contribution in [0.25, 0.3) is 0 Å². The largest absolute Gasteiger partial charge is 0.341 e. The first-order valence-corrected chi connectivity index (χ1v) is 9.64. The second kappa shape index (κ2) is 7.95. The van der Waals surface area contributed by atoms with Gasteiger partial charge in [0.2, 0.25) is 5.95 Å². The Kier molecular flexibility index (Phi) is 5.25. The van der Waals surface area contributed by atoms with E-state index in [4.69, 9.17) is 0 Å². The number of anilines is 1. The molecule has 0 spiro atoms. The lowest BCUT2D eigenvalue weighted by molar-refractivity contribution is 0.128. The van der Waals surface area contributed by atoms with Gasteiger partial charge < -0.3 is 9.47 Å². The topological polar surface area (TPSA) is 50.1 Å². The average molecular weight is 340 g/mol. The predicted octanol–water partition coefficient (Wildman–Crippen LogP) is 2.72. The molecular formula is C19H28N6. The SMILES string of the molecule is c1cn(CC[C@H]2CCCCN2Cc2cnc(N3CCCC3)nc2)cn1. The van der Waals surface area contributed by atoms with Gasteiger partial charge in [0.05, 0.1) is 6.33 Å². The second-order valence-electron chi connectivity index (χ2n) is 7.29. The fourth-order valence-electron chi connectivity index (χ4n) is 4.06. The third-order valence-corrected chi connectivity index (χ3v) is 5.50. The lowest BCUT2D eigenvalue weighted by Gasteiger charge is -2.35. The minimum Gasteiger partial charge on any atom is -0.341 e. The molecule has 2 aliphatic rings. The summed E-state index contributed by atoms with van der Waals surface area (Å²) in [6.07, 6.45) is 17.5. The molecule has 0 saturated carbocycles. The zero-order valence-electron chi connectivity index (χ0n) is 14.9. The quantitative estimate of drug-likeness (QED) is 0.809. The van der Waals surface area contributed by atoms with E-state index in [9.17, 15) is 0 Å². The molecule has 0 radical (unpaired) electrons. The Balaban J connectivity index is 1.35. The third kappa shape index (κ3) is 4.18. The fourth-order valence-corrected chi connectivity index (χ4v) is 4.06. The van der Waals surface area contributed by atoms with Gasteiger partial charge in [0.25, 0.3) is 0 Å². The number of hydrogen-bond donors (Lipinski definition) is 0. The summed E-state index contributed by atoms with van der Waals surface area (Å²) in [5, 5.41) is 0. The molecule has 2 aromatic rings. The van der Waals surface area contributed by atoms with Crippen LogP contribution in [-0.4, -0.2) is 50.1 Å². The van der Waals surface area contributed by atoms with E-state index in [2.05, 4.69) is 35.5 Å². The summed E-state index contributed by atoms with van der Waals surface area (Å²) >= 11 is 0. The second-order valence-corrected chi connectivity index (χ2v) is 7.29. The molecule has 2 saturated heterocycles. The molecule has 0 N–H and O–H groups in total. The Labute approximate surface area is 149 Å². The Bertz CT molecular complexity index is 632. The zero-order chi connectivity index (χ0) is 16.9. The number of nitrogens with zero attached hydrogens (tertiary/aromatic N) is 6. The highest BCUT2D eigenvalue weighted by molar-refractivity contribution is 5.30. The first kappa shape index (κ1) is 16.5. The van der Waals surface area contributed by atoms with Gasteiger partial charge >= 0.3 is 0 Å². The molecule has 1 atom stereocenters. The number of imidazole rings is 1. The molecule has 4 rings (SSSR count). The van der Waals surface area contributed by atoms with Gasteiger partial charge in [0.1, 0.15) is 0 Å². The summed E-state index contributed by atoms with van der Waals surface area (Å²) in [7, 11) is 0. The minimum atomic E-state index is 0.648. The van der Waals surface area contributed by atoms with Crippen LogP contribution >= 0.6 is 0 Å². The Morgan fingerprint density at radius 1 is 1.00 bits per heavy atom. The molecule has 6 heteroatoms. The molecule has 2 aliphatic heterocycles. The molecule has 25 heavy (non-hydrogen) atoms. The van der Waals surface area contributed by atoms with Crippen LogP contribution in [0.15, 0.2) is 31.1 Å². The van der Waals surface area contributed by atoms with Gasteiger partial charge in [-0.15, -0.1) is 0 Å². The van der Waals surface area contributed by atoms with E-state index in [0.717, 1.165) is 32.1 Å². The highest BCUT2D eigenvalue weighted by Gasteiger charge is 2.22. The first-order valence-electron chi connectivity index (χ1n) is 9.64. The normalized spacial score (nSPS) is 21.8. The van der Waals surface area contributed by atoms with Crippen LogP contribution in [0.5, 0.6) is 0 Å². The van der Waals surface area contributed by atoms with E-state index < -0.39 is 0 Å². The highest BCUT2D eigenvalue weighted by Crippen LogP contribution is 2.23. The van der Waals surface area contributed by atoms with Crippen LogP contribution in [0, 0.1) is 0 Å². The van der Waals surface area contributed by atoms with Gasteiger partial charge in [-0.1, -0.05) is 6.42 Å². The van der Waals surface area contributed by atoms with Crippen LogP contribution in [0.1, 0.15) is 44.1 Å². The Morgan fingerprint density at radius 3 is 2.56 bits per heavy atom. The molecule has 0 unspecified atom stereocenters. The van der Waals surface area contributed by atoms with E-state index >= 15 is 0 Å². The van der Waals surface area contributed by atoms with Crippen molar-refractivity contribution in [3.63, 3.8) is 0 Å².